The average Bonchev–Trinajstić information content (AvgIpc) is 3.08. The van der Waals surface area contributed by atoms with Gasteiger partial charge in [-0.2, -0.15) is 0 Å². The van der Waals surface area contributed by atoms with Crippen molar-refractivity contribution >= 4 is 28.5 Å². The number of carbonyl (C=O) groups is 1. The second-order valence-electron chi connectivity index (χ2n) is 8.16. The van der Waals surface area contributed by atoms with Crippen LogP contribution in [0.15, 0.2) is 75.9 Å². The van der Waals surface area contributed by atoms with Crippen molar-refractivity contribution in [1.82, 2.24) is 4.90 Å². The first-order valence-electron chi connectivity index (χ1n) is 10.9. The topological polar surface area (TPSA) is 59.8 Å². The summed E-state index contributed by atoms with van der Waals surface area (Å²) in [7, 11) is 0. The maximum atomic E-state index is 13.6. The Hall–Kier alpha value is -3.57. The maximum absolute atomic E-state index is 13.6. The highest BCUT2D eigenvalue weighted by atomic mass is 35.5. The third-order valence-corrected chi connectivity index (χ3v) is 6.27. The lowest BCUT2D eigenvalue weighted by molar-refractivity contribution is 0.0728. The molecule has 0 radical (unpaired) electrons. The fraction of sp³-hybridized carbons (Fsp3) is 0.185. The Morgan fingerprint density at radius 1 is 1.00 bits per heavy atom. The van der Waals surface area contributed by atoms with Crippen LogP contribution in [0.3, 0.4) is 0 Å². The fourth-order valence-corrected chi connectivity index (χ4v) is 4.50. The molecule has 1 aliphatic rings. The Morgan fingerprint density at radius 2 is 1.76 bits per heavy atom. The average molecular weight is 460 g/mol. The summed E-state index contributed by atoms with van der Waals surface area (Å²) in [4.78, 5) is 28.6. The summed E-state index contributed by atoms with van der Waals surface area (Å²) in [5, 5.41) is 0.858. The zero-order valence-corrected chi connectivity index (χ0v) is 19.1. The van der Waals surface area contributed by atoms with Gasteiger partial charge in [0.1, 0.15) is 17.1 Å². The summed E-state index contributed by atoms with van der Waals surface area (Å²) >= 11 is 6.29. The van der Waals surface area contributed by atoms with Crippen molar-refractivity contribution in [3.05, 3.63) is 104 Å². The molecule has 0 bridgehead atoms. The molecule has 0 aliphatic carbocycles. The van der Waals surface area contributed by atoms with Crippen molar-refractivity contribution < 1.29 is 13.9 Å². The molecule has 1 amide bonds. The van der Waals surface area contributed by atoms with Gasteiger partial charge in [0.05, 0.1) is 17.0 Å². The highest BCUT2D eigenvalue weighted by molar-refractivity contribution is 6.32. The summed E-state index contributed by atoms with van der Waals surface area (Å²) in [6, 6.07) is 19.7. The zero-order valence-electron chi connectivity index (χ0n) is 18.3. The molecule has 166 valence electrons. The van der Waals surface area contributed by atoms with Crippen LogP contribution in [-0.2, 0) is 0 Å². The van der Waals surface area contributed by atoms with E-state index in [-0.39, 0.29) is 17.1 Å². The largest absolute Gasteiger partial charge is 0.457 e. The van der Waals surface area contributed by atoms with E-state index >= 15 is 0 Å². The lowest BCUT2D eigenvalue weighted by atomic mass is 9.98. The Kier molecular flexibility index (Phi) is 5.43. The van der Waals surface area contributed by atoms with Crippen molar-refractivity contribution in [2.24, 2.45) is 0 Å². The van der Waals surface area contributed by atoms with E-state index in [0.717, 1.165) is 17.5 Å². The molecule has 1 aliphatic heterocycles. The molecule has 1 aromatic heterocycles. The molecule has 1 atom stereocenters. The van der Waals surface area contributed by atoms with E-state index in [9.17, 15) is 9.59 Å². The van der Waals surface area contributed by atoms with E-state index < -0.39 is 6.04 Å². The van der Waals surface area contributed by atoms with Gasteiger partial charge in [-0.05, 0) is 60.9 Å². The minimum atomic E-state index is -0.562. The molecule has 2 heterocycles. The Balaban J connectivity index is 1.67. The molecule has 33 heavy (non-hydrogen) atoms. The third-order valence-electron chi connectivity index (χ3n) is 5.86. The number of hydrogen-bond donors (Lipinski definition) is 0. The van der Waals surface area contributed by atoms with E-state index in [4.69, 9.17) is 20.8 Å². The second-order valence-corrected chi connectivity index (χ2v) is 8.57. The van der Waals surface area contributed by atoms with E-state index in [2.05, 4.69) is 0 Å². The number of aryl methyl sites for hydroxylation is 1. The van der Waals surface area contributed by atoms with E-state index in [1.165, 1.54) is 0 Å². The molecule has 0 saturated carbocycles. The predicted octanol–water partition coefficient (Wildman–Crippen LogP) is 6.50. The number of fused-ring (bicyclic) bond motifs is 2. The first-order chi connectivity index (χ1) is 16.0. The number of hydrogen-bond acceptors (Lipinski definition) is 4. The summed E-state index contributed by atoms with van der Waals surface area (Å²) < 4.78 is 12.0. The van der Waals surface area contributed by atoms with Crippen LogP contribution in [0.1, 0.15) is 46.6 Å². The van der Waals surface area contributed by atoms with Crippen LogP contribution in [0.25, 0.3) is 11.0 Å². The normalized spacial score (nSPS) is 15.2. The van der Waals surface area contributed by atoms with Crippen molar-refractivity contribution in [1.29, 1.82) is 0 Å². The van der Waals surface area contributed by atoms with Crippen LogP contribution in [0.4, 0.5) is 0 Å². The summed E-state index contributed by atoms with van der Waals surface area (Å²) in [5.41, 5.74) is 2.05. The van der Waals surface area contributed by atoms with Crippen molar-refractivity contribution in [2.45, 2.75) is 26.3 Å². The van der Waals surface area contributed by atoms with Gasteiger partial charge in [-0.25, -0.2) is 0 Å². The SMILES string of the molecule is CCCN1C(=O)c2oc3cc(C)c(Cl)cc3c(=O)c2C1c1cccc(Oc2ccccc2)c1. The number of carbonyl (C=O) groups excluding carboxylic acids is 1. The molecular weight excluding hydrogens is 438 g/mol. The van der Waals surface area contributed by atoms with Crippen molar-refractivity contribution in [3.8, 4) is 11.5 Å². The van der Waals surface area contributed by atoms with Crippen LogP contribution >= 0.6 is 11.6 Å². The number of amides is 1. The summed E-state index contributed by atoms with van der Waals surface area (Å²) in [6.45, 7) is 4.32. The lowest BCUT2D eigenvalue weighted by Crippen LogP contribution is -2.30. The summed E-state index contributed by atoms with van der Waals surface area (Å²) in [6.07, 6.45) is 0.745. The minimum absolute atomic E-state index is 0.0991. The number of ether oxygens (including phenoxy) is 1. The van der Waals surface area contributed by atoms with Crippen LogP contribution in [0, 0.1) is 6.92 Å². The van der Waals surface area contributed by atoms with Gasteiger partial charge in [0, 0.05) is 11.6 Å². The molecule has 0 fully saturated rings. The Bertz CT molecular complexity index is 1430. The number of para-hydroxylation sites is 1. The molecule has 5 rings (SSSR count). The highest BCUT2D eigenvalue weighted by Gasteiger charge is 2.42. The molecule has 4 aromatic rings. The van der Waals surface area contributed by atoms with Crippen LogP contribution in [0.5, 0.6) is 11.5 Å². The van der Waals surface area contributed by atoms with Gasteiger partial charge in [-0.15, -0.1) is 0 Å². The fourth-order valence-electron chi connectivity index (χ4n) is 4.33. The molecule has 0 spiro atoms. The van der Waals surface area contributed by atoms with Crippen molar-refractivity contribution in [3.63, 3.8) is 0 Å². The van der Waals surface area contributed by atoms with E-state index in [0.29, 0.717) is 39.6 Å². The van der Waals surface area contributed by atoms with Crippen molar-refractivity contribution in [2.75, 3.05) is 6.54 Å². The number of benzene rings is 3. The van der Waals surface area contributed by atoms with Gasteiger partial charge >= 0.3 is 0 Å². The molecule has 1 unspecified atom stereocenters. The quantitative estimate of drug-likeness (QED) is 0.341. The Morgan fingerprint density at radius 3 is 2.52 bits per heavy atom. The number of rotatable bonds is 5. The highest BCUT2D eigenvalue weighted by Crippen LogP contribution is 2.40. The van der Waals surface area contributed by atoms with E-state index in [1.807, 2.05) is 68.4 Å². The van der Waals surface area contributed by atoms with Crippen LogP contribution < -0.4 is 10.2 Å². The molecule has 6 heteroatoms. The van der Waals surface area contributed by atoms with Gasteiger partial charge in [0.2, 0.25) is 5.76 Å². The first-order valence-corrected chi connectivity index (χ1v) is 11.3. The molecule has 0 saturated heterocycles. The second kappa shape index (κ2) is 8.41. The van der Waals surface area contributed by atoms with Gasteiger partial charge in [0.25, 0.3) is 5.91 Å². The third kappa shape index (κ3) is 3.68. The monoisotopic (exact) mass is 459 g/mol. The van der Waals surface area contributed by atoms with Gasteiger partial charge < -0.3 is 14.1 Å². The first kappa shape index (κ1) is 21.3. The van der Waals surface area contributed by atoms with Crippen LogP contribution in [-0.4, -0.2) is 17.4 Å². The smallest absolute Gasteiger partial charge is 0.290 e. The number of halogens is 1. The standard InChI is InChI=1S/C27H22ClNO4/c1-3-12-29-24(17-8-7-11-19(14-17)32-18-9-5-4-6-10-18)23-25(30)20-15-21(28)16(2)13-22(20)33-26(23)27(29)31/h4-11,13-15,24H,3,12H2,1-2H3. The number of nitrogens with zero attached hydrogens (tertiary/aromatic N) is 1. The van der Waals surface area contributed by atoms with E-state index in [1.54, 1.807) is 17.0 Å². The maximum Gasteiger partial charge on any atom is 0.290 e. The van der Waals surface area contributed by atoms with Gasteiger partial charge in [-0.1, -0.05) is 48.9 Å². The Labute approximate surface area is 196 Å². The van der Waals surface area contributed by atoms with Gasteiger partial charge in [0.15, 0.2) is 5.43 Å². The van der Waals surface area contributed by atoms with Gasteiger partial charge in [-0.3, -0.25) is 9.59 Å². The minimum Gasteiger partial charge on any atom is -0.457 e. The summed E-state index contributed by atoms with van der Waals surface area (Å²) in [5.74, 6) is 1.15. The molecular formula is C27H22ClNO4. The van der Waals surface area contributed by atoms with Crippen LogP contribution in [0.2, 0.25) is 5.02 Å². The lowest BCUT2D eigenvalue weighted by Gasteiger charge is -2.25. The molecule has 5 nitrogen and oxygen atoms in total. The molecule has 0 N–H and O–H groups in total. The molecule has 3 aromatic carbocycles. The predicted molar refractivity (Wildman–Crippen MR) is 128 cm³/mol. The zero-order chi connectivity index (χ0) is 23.1.